The van der Waals surface area contributed by atoms with Crippen LogP contribution in [0, 0.1) is 0 Å². The number of carbonyl (C=O) groups is 1. The van der Waals surface area contributed by atoms with Gasteiger partial charge in [-0.05, 0) is 31.5 Å². The Morgan fingerprint density at radius 1 is 1.27 bits per heavy atom. The van der Waals surface area contributed by atoms with Gasteiger partial charge in [-0.25, -0.2) is 4.68 Å². The Bertz CT molecular complexity index is 595. The van der Waals surface area contributed by atoms with Gasteiger partial charge in [0, 0.05) is 6.04 Å². The molecule has 1 aromatic heterocycles. The number of aromatic nitrogens is 3. The lowest BCUT2D eigenvalue weighted by atomic mass is 10.1. The highest BCUT2D eigenvalue weighted by atomic mass is 35.5. The van der Waals surface area contributed by atoms with Crippen LogP contribution in [0.1, 0.15) is 28.9 Å². The lowest BCUT2D eigenvalue weighted by molar-refractivity contribution is 0.0924. The fraction of sp³-hybridized carbons (Fsp3) is 0.400. The summed E-state index contributed by atoms with van der Waals surface area (Å²) in [6.45, 7) is 2.52. The predicted octanol–water partition coefficient (Wildman–Crippen LogP) is 1.23. The van der Waals surface area contributed by atoms with Gasteiger partial charge >= 0.3 is 0 Å². The second-order valence-electron chi connectivity index (χ2n) is 5.28. The van der Waals surface area contributed by atoms with Crippen molar-refractivity contribution in [2.45, 2.75) is 25.4 Å². The van der Waals surface area contributed by atoms with E-state index in [0.717, 1.165) is 31.5 Å². The number of carbonyl (C=O) groups excluding carboxylic acids is 1. The minimum absolute atomic E-state index is 0. The van der Waals surface area contributed by atoms with Gasteiger partial charge in [-0.15, -0.1) is 17.5 Å². The van der Waals surface area contributed by atoms with Crippen LogP contribution < -0.4 is 10.6 Å². The number of benzene rings is 1. The summed E-state index contributed by atoms with van der Waals surface area (Å²) in [5, 5.41) is 14.3. The van der Waals surface area contributed by atoms with Gasteiger partial charge in [0.05, 0.1) is 12.7 Å². The van der Waals surface area contributed by atoms with Crippen molar-refractivity contribution in [2.24, 2.45) is 0 Å². The maximum atomic E-state index is 12.1. The van der Waals surface area contributed by atoms with Crippen molar-refractivity contribution in [3.8, 4) is 0 Å². The van der Waals surface area contributed by atoms with Gasteiger partial charge in [-0.2, -0.15) is 0 Å². The maximum absolute atomic E-state index is 12.1. The summed E-state index contributed by atoms with van der Waals surface area (Å²) in [4.78, 5) is 12.1. The summed E-state index contributed by atoms with van der Waals surface area (Å²) in [5.41, 5.74) is 1.51. The summed E-state index contributed by atoms with van der Waals surface area (Å²) in [6.07, 6.45) is 3.62. The first-order chi connectivity index (χ1) is 10.3. The van der Waals surface area contributed by atoms with Crippen molar-refractivity contribution >= 4 is 18.3 Å². The van der Waals surface area contributed by atoms with Gasteiger partial charge in [0.25, 0.3) is 5.91 Å². The monoisotopic (exact) mass is 321 g/mol. The van der Waals surface area contributed by atoms with Crippen LogP contribution in [0.15, 0.2) is 36.5 Å². The Balaban J connectivity index is 0.00000176. The van der Waals surface area contributed by atoms with E-state index in [1.54, 1.807) is 10.9 Å². The fourth-order valence-electron chi connectivity index (χ4n) is 2.48. The quantitative estimate of drug-likeness (QED) is 0.888. The van der Waals surface area contributed by atoms with Crippen molar-refractivity contribution in [3.63, 3.8) is 0 Å². The summed E-state index contributed by atoms with van der Waals surface area (Å²) in [7, 11) is 0. The molecule has 1 aliphatic heterocycles. The number of piperidine rings is 1. The molecular weight excluding hydrogens is 302 g/mol. The van der Waals surface area contributed by atoms with E-state index in [4.69, 9.17) is 0 Å². The number of amides is 1. The van der Waals surface area contributed by atoms with Gasteiger partial charge in [-0.1, -0.05) is 35.5 Å². The molecule has 1 amide bonds. The molecule has 0 aliphatic carbocycles. The summed E-state index contributed by atoms with van der Waals surface area (Å²) in [5.74, 6) is -0.138. The number of rotatable bonds is 4. The van der Waals surface area contributed by atoms with Crippen molar-refractivity contribution in [3.05, 3.63) is 47.8 Å². The van der Waals surface area contributed by atoms with Gasteiger partial charge in [-0.3, -0.25) is 4.79 Å². The number of nitrogens with zero attached hydrogens (tertiary/aromatic N) is 3. The Hall–Kier alpha value is -1.92. The highest BCUT2D eigenvalue weighted by Crippen LogP contribution is 2.05. The molecule has 0 bridgehead atoms. The first-order valence-electron chi connectivity index (χ1n) is 7.27. The fourth-order valence-corrected chi connectivity index (χ4v) is 2.48. The van der Waals surface area contributed by atoms with E-state index in [0.29, 0.717) is 12.2 Å². The third kappa shape index (κ3) is 4.29. The van der Waals surface area contributed by atoms with Crippen LogP contribution >= 0.6 is 12.4 Å². The van der Waals surface area contributed by atoms with E-state index in [-0.39, 0.29) is 24.4 Å². The van der Waals surface area contributed by atoms with Crippen LogP contribution in [0.25, 0.3) is 0 Å². The van der Waals surface area contributed by atoms with Crippen LogP contribution in [-0.2, 0) is 6.54 Å². The lowest BCUT2D eigenvalue weighted by Gasteiger charge is -2.23. The first kappa shape index (κ1) is 16.5. The maximum Gasteiger partial charge on any atom is 0.273 e. The van der Waals surface area contributed by atoms with Crippen molar-refractivity contribution < 1.29 is 4.79 Å². The standard InChI is InChI=1S/C15H19N5O.ClH/c21-15(17-13-6-8-16-9-7-13)14-11-20(19-18-14)10-12-4-2-1-3-5-12;/h1-5,11,13,16H,6-10H2,(H,17,21);1H. The normalized spacial score (nSPS) is 15.1. The topological polar surface area (TPSA) is 71.8 Å². The van der Waals surface area contributed by atoms with Gasteiger partial charge in [0.1, 0.15) is 0 Å². The van der Waals surface area contributed by atoms with Gasteiger partial charge in [0.15, 0.2) is 5.69 Å². The molecule has 0 spiro atoms. The van der Waals surface area contributed by atoms with E-state index < -0.39 is 0 Å². The third-order valence-electron chi connectivity index (χ3n) is 3.63. The summed E-state index contributed by atoms with van der Waals surface area (Å²) < 4.78 is 1.69. The molecule has 2 N–H and O–H groups in total. The number of hydrogen-bond donors (Lipinski definition) is 2. The minimum Gasteiger partial charge on any atom is -0.348 e. The SMILES string of the molecule is Cl.O=C(NC1CCNCC1)c1cn(Cc2ccccc2)nn1. The second-order valence-corrected chi connectivity index (χ2v) is 5.28. The number of nitrogens with one attached hydrogen (secondary N) is 2. The molecule has 1 saturated heterocycles. The Labute approximate surface area is 135 Å². The highest BCUT2D eigenvalue weighted by molar-refractivity contribution is 5.92. The highest BCUT2D eigenvalue weighted by Gasteiger charge is 2.18. The molecule has 0 saturated carbocycles. The van der Waals surface area contributed by atoms with Gasteiger partial charge in [0.2, 0.25) is 0 Å². The third-order valence-corrected chi connectivity index (χ3v) is 3.63. The van der Waals surface area contributed by atoms with Gasteiger partial charge < -0.3 is 10.6 Å². The smallest absolute Gasteiger partial charge is 0.273 e. The van der Waals surface area contributed by atoms with Crippen molar-refractivity contribution in [1.29, 1.82) is 0 Å². The van der Waals surface area contributed by atoms with Crippen molar-refractivity contribution in [1.82, 2.24) is 25.6 Å². The largest absolute Gasteiger partial charge is 0.348 e. The molecule has 1 aliphatic rings. The minimum atomic E-state index is -0.138. The average Bonchev–Trinajstić information content (AvgIpc) is 2.98. The molecule has 22 heavy (non-hydrogen) atoms. The zero-order valence-corrected chi connectivity index (χ0v) is 13.1. The van der Waals surface area contributed by atoms with E-state index in [2.05, 4.69) is 20.9 Å². The van der Waals surface area contributed by atoms with Crippen LogP contribution in [0.3, 0.4) is 0 Å². The summed E-state index contributed by atoms with van der Waals surface area (Å²) in [6, 6.07) is 10.2. The molecule has 1 fully saturated rings. The Morgan fingerprint density at radius 2 is 2.00 bits per heavy atom. The van der Waals surface area contributed by atoms with Crippen molar-refractivity contribution in [2.75, 3.05) is 13.1 Å². The molecule has 0 atom stereocenters. The first-order valence-corrected chi connectivity index (χ1v) is 7.27. The molecule has 2 aromatic rings. The summed E-state index contributed by atoms with van der Waals surface area (Å²) >= 11 is 0. The number of halogens is 1. The molecule has 1 aromatic carbocycles. The second kappa shape index (κ2) is 7.91. The molecule has 2 heterocycles. The average molecular weight is 322 g/mol. The zero-order valence-electron chi connectivity index (χ0n) is 12.2. The number of hydrogen-bond acceptors (Lipinski definition) is 4. The van der Waals surface area contributed by atoms with E-state index >= 15 is 0 Å². The van der Waals surface area contributed by atoms with Crippen LogP contribution in [0.2, 0.25) is 0 Å². The molecule has 6 nitrogen and oxygen atoms in total. The van der Waals surface area contributed by atoms with Crippen LogP contribution in [-0.4, -0.2) is 40.0 Å². The molecule has 7 heteroatoms. The van der Waals surface area contributed by atoms with E-state index in [1.165, 1.54) is 0 Å². The lowest BCUT2D eigenvalue weighted by Crippen LogP contribution is -2.42. The zero-order chi connectivity index (χ0) is 14.5. The van der Waals surface area contributed by atoms with Crippen LogP contribution in [0.5, 0.6) is 0 Å². The molecule has 0 radical (unpaired) electrons. The van der Waals surface area contributed by atoms with E-state index in [9.17, 15) is 4.79 Å². The van der Waals surface area contributed by atoms with E-state index in [1.807, 2.05) is 30.3 Å². The molecular formula is C15H20ClN5O. The molecule has 0 unspecified atom stereocenters. The van der Waals surface area contributed by atoms with Crippen LogP contribution in [0.4, 0.5) is 0 Å². The molecule has 3 rings (SSSR count). The Kier molecular flexibility index (Phi) is 5.91. The Morgan fingerprint density at radius 3 is 2.73 bits per heavy atom. The predicted molar refractivity (Wildman–Crippen MR) is 86.2 cm³/mol. The molecule has 118 valence electrons.